The van der Waals surface area contributed by atoms with Crippen LogP contribution in [-0.4, -0.2) is 29.6 Å². The lowest BCUT2D eigenvalue weighted by molar-refractivity contribution is -0.140. The van der Waals surface area contributed by atoms with Crippen molar-refractivity contribution in [3.8, 4) is 0 Å². The van der Waals surface area contributed by atoms with E-state index in [9.17, 15) is 22.4 Å². The molecule has 0 radical (unpaired) electrons. The van der Waals surface area contributed by atoms with E-state index >= 15 is 0 Å². The van der Waals surface area contributed by atoms with Crippen molar-refractivity contribution in [1.82, 2.24) is 10.2 Å². The summed E-state index contributed by atoms with van der Waals surface area (Å²) in [5, 5.41) is 3.01. The average molecular weight is 304 g/mol. The molecule has 3 nitrogen and oxygen atoms in total. The molecule has 1 N–H and O–H groups in total. The van der Waals surface area contributed by atoms with Gasteiger partial charge in [0.25, 0.3) is 0 Å². The predicted octanol–water partition coefficient (Wildman–Crippen LogP) is 2.99. The molecule has 0 bridgehead atoms. The molecule has 1 amide bonds. The van der Waals surface area contributed by atoms with Gasteiger partial charge < -0.3 is 4.90 Å². The maximum absolute atomic E-state index is 12.9. The molecule has 7 heteroatoms. The highest BCUT2D eigenvalue weighted by Gasteiger charge is 2.37. The van der Waals surface area contributed by atoms with Gasteiger partial charge in [-0.2, -0.15) is 13.2 Å². The molecule has 116 valence electrons. The fourth-order valence-corrected chi connectivity index (χ4v) is 2.38. The Bertz CT molecular complexity index is 501. The van der Waals surface area contributed by atoms with E-state index in [1.54, 1.807) is 6.92 Å². The Balaban J connectivity index is 2.08. The lowest BCUT2D eigenvalue weighted by Gasteiger charge is -2.24. The van der Waals surface area contributed by atoms with Crippen molar-refractivity contribution in [3.05, 3.63) is 35.6 Å². The van der Waals surface area contributed by atoms with E-state index in [2.05, 4.69) is 5.32 Å². The fraction of sp³-hybridized carbons (Fsp3) is 0.500. The van der Waals surface area contributed by atoms with Gasteiger partial charge in [0.05, 0.1) is 6.04 Å². The van der Waals surface area contributed by atoms with E-state index < -0.39 is 30.6 Å². The summed E-state index contributed by atoms with van der Waals surface area (Å²) in [4.78, 5) is 13.4. The fourth-order valence-electron chi connectivity index (χ4n) is 2.38. The molecule has 1 saturated heterocycles. The van der Waals surface area contributed by atoms with Gasteiger partial charge in [0, 0.05) is 13.0 Å². The van der Waals surface area contributed by atoms with Crippen molar-refractivity contribution < 1.29 is 22.4 Å². The Morgan fingerprint density at radius 2 is 1.86 bits per heavy atom. The zero-order chi connectivity index (χ0) is 15.6. The zero-order valence-corrected chi connectivity index (χ0v) is 11.5. The Hall–Kier alpha value is -1.63. The van der Waals surface area contributed by atoms with Crippen molar-refractivity contribution in [2.45, 2.75) is 38.1 Å². The van der Waals surface area contributed by atoms with Crippen LogP contribution < -0.4 is 5.32 Å². The van der Waals surface area contributed by atoms with Crippen LogP contribution in [0.5, 0.6) is 0 Å². The summed E-state index contributed by atoms with van der Waals surface area (Å²) in [6.45, 7) is 1.67. The van der Waals surface area contributed by atoms with Crippen LogP contribution in [0, 0.1) is 5.82 Å². The number of alkyl halides is 3. The number of halogens is 4. The van der Waals surface area contributed by atoms with Gasteiger partial charge in [-0.15, -0.1) is 0 Å². The van der Waals surface area contributed by atoms with Gasteiger partial charge in [-0.05, 0) is 31.0 Å². The quantitative estimate of drug-likeness (QED) is 0.867. The average Bonchev–Trinajstić information content (AvgIpc) is 2.66. The number of carbonyl (C=O) groups is 1. The number of rotatable bonds is 4. The molecule has 2 rings (SSSR count). The van der Waals surface area contributed by atoms with Gasteiger partial charge in [-0.25, -0.2) is 4.39 Å². The minimum absolute atomic E-state index is 0.0116. The third-order valence-electron chi connectivity index (χ3n) is 3.42. The molecular weight excluding hydrogens is 288 g/mol. The molecule has 0 saturated carbocycles. The van der Waals surface area contributed by atoms with E-state index in [1.165, 1.54) is 29.2 Å². The van der Waals surface area contributed by atoms with Crippen molar-refractivity contribution >= 4 is 5.91 Å². The molecule has 0 spiro atoms. The number of nitrogens with one attached hydrogen (secondary N) is 1. The second kappa shape index (κ2) is 6.01. The first-order chi connectivity index (χ1) is 9.78. The van der Waals surface area contributed by atoms with Crippen LogP contribution >= 0.6 is 0 Å². The normalized spacial score (nSPS) is 22.9. The van der Waals surface area contributed by atoms with Gasteiger partial charge in [-0.3, -0.25) is 10.1 Å². The van der Waals surface area contributed by atoms with E-state index in [-0.39, 0.29) is 18.9 Å². The third-order valence-corrected chi connectivity index (χ3v) is 3.42. The monoisotopic (exact) mass is 304 g/mol. The number of hydrogen-bond acceptors (Lipinski definition) is 2. The zero-order valence-electron chi connectivity index (χ0n) is 11.5. The smallest absolute Gasteiger partial charge is 0.322 e. The largest absolute Gasteiger partial charge is 0.389 e. The summed E-state index contributed by atoms with van der Waals surface area (Å²) in [5.41, 5.74) is 0.654. The first-order valence-corrected chi connectivity index (χ1v) is 6.67. The minimum atomic E-state index is -4.23. The molecule has 1 fully saturated rings. The van der Waals surface area contributed by atoms with Gasteiger partial charge in [-0.1, -0.05) is 12.1 Å². The maximum atomic E-state index is 12.9. The number of nitrogens with zero attached hydrogens (tertiary/aromatic N) is 1. The molecule has 1 aliphatic rings. The molecule has 1 heterocycles. The lowest BCUT2D eigenvalue weighted by Crippen LogP contribution is -2.32. The predicted molar refractivity (Wildman–Crippen MR) is 68.7 cm³/mol. The first kappa shape index (κ1) is 15.8. The SMILES string of the molecule is CC1NC(c2ccc(F)cc2)N(CCCC(F)(F)F)C1=O. The number of amides is 1. The van der Waals surface area contributed by atoms with Crippen molar-refractivity contribution in [3.63, 3.8) is 0 Å². The Labute approximate surface area is 119 Å². The van der Waals surface area contributed by atoms with Gasteiger partial charge >= 0.3 is 6.18 Å². The molecule has 1 aromatic rings. The van der Waals surface area contributed by atoms with E-state index in [1.807, 2.05) is 0 Å². The third kappa shape index (κ3) is 3.93. The second-order valence-corrected chi connectivity index (χ2v) is 5.09. The van der Waals surface area contributed by atoms with Gasteiger partial charge in [0.1, 0.15) is 12.0 Å². The van der Waals surface area contributed by atoms with Crippen LogP contribution in [0.3, 0.4) is 0 Å². The number of carbonyl (C=O) groups excluding carboxylic acids is 1. The molecule has 2 atom stereocenters. The highest BCUT2D eigenvalue weighted by atomic mass is 19.4. The van der Waals surface area contributed by atoms with Crippen LogP contribution in [0.1, 0.15) is 31.5 Å². The summed E-state index contributed by atoms with van der Waals surface area (Å²) in [5.74, 6) is -0.647. The van der Waals surface area contributed by atoms with Crippen molar-refractivity contribution in [2.24, 2.45) is 0 Å². The molecular formula is C14H16F4N2O. The van der Waals surface area contributed by atoms with Crippen LogP contribution in [0.15, 0.2) is 24.3 Å². The summed E-state index contributed by atoms with van der Waals surface area (Å²) in [7, 11) is 0. The Kier molecular flexibility index (Phi) is 4.51. The Morgan fingerprint density at radius 1 is 1.24 bits per heavy atom. The topological polar surface area (TPSA) is 32.3 Å². The second-order valence-electron chi connectivity index (χ2n) is 5.09. The van der Waals surface area contributed by atoms with E-state index in [0.717, 1.165) is 0 Å². The molecule has 21 heavy (non-hydrogen) atoms. The standard InChI is InChI=1S/C14H16F4N2O/c1-9-13(21)20(8-2-7-14(16,17)18)12(19-9)10-3-5-11(15)6-4-10/h3-6,9,12,19H,2,7-8H2,1H3. The first-order valence-electron chi connectivity index (χ1n) is 6.67. The summed E-state index contributed by atoms with van der Waals surface area (Å²) >= 11 is 0. The van der Waals surface area contributed by atoms with E-state index in [4.69, 9.17) is 0 Å². The van der Waals surface area contributed by atoms with Gasteiger partial charge in [0.15, 0.2) is 0 Å². The minimum Gasteiger partial charge on any atom is -0.322 e. The number of hydrogen-bond donors (Lipinski definition) is 1. The van der Waals surface area contributed by atoms with Crippen molar-refractivity contribution in [2.75, 3.05) is 6.54 Å². The highest BCUT2D eigenvalue weighted by Crippen LogP contribution is 2.27. The highest BCUT2D eigenvalue weighted by molar-refractivity contribution is 5.84. The molecule has 0 aliphatic carbocycles. The molecule has 2 unspecified atom stereocenters. The van der Waals surface area contributed by atoms with Crippen LogP contribution in [0.2, 0.25) is 0 Å². The van der Waals surface area contributed by atoms with Gasteiger partial charge in [0.2, 0.25) is 5.91 Å². The Morgan fingerprint density at radius 3 is 2.43 bits per heavy atom. The van der Waals surface area contributed by atoms with Crippen LogP contribution in [0.25, 0.3) is 0 Å². The van der Waals surface area contributed by atoms with Crippen LogP contribution in [-0.2, 0) is 4.79 Å². The summed E-state index contributed by atoms with van der Waals surface area (Å²) < 4.78 is 49.6. The lowest BCUT2D eigenvalue weighted by atomic mass is 10.1. The number of benzene rings is 1. The van der Waals surface area contributed by atoms with Crippen molar-refractivity contribution in [1.29, 1.82) is 0 Å². The molecule has 0 aromatic heterocycles. The van der Waals surface area contributed by atoms with Crippen LogP contribution in [0.4, 0.5) is 17.6 Å². The van der Waals surface area contributed by atoms with E-state index in [0.29, 0.717) is 5.56 Å². The summed E-state index contributed by atoms with van der Waals surface area (Å²) in [6.07, 6.45) is -5.82. The molecule has 1 aromatic carbocycles. The maximum Gasteiger partial charge on any atom is 0.389 e. The summed E-state index contributed by atoms with van der Waals surface area (Å²) in [6, 6.07) is 5.10. The molecule has 1 aliphatic heterocycles.